The molecule has 0 spiro atoms. The van der Waals surface area contributed by atoms with Gasteiger partial charge in [0, 0.05) is 89.9 Å². The molecule has 0 heterocycles. The molecule has 0 aromatic heterocycles. The quantitative estimate of drug-likeness (QED) is 0.0403. The van der Waals surface area contributed by atoms with E-state index in [1.807, 2.05) is 76.2 Å². The summed E-state index contributed by atoms with van der Waals surface area (Å²) in [5.74, 6) is -6.49. The summed E-state index contributed by atoms with van der Waals surface area (Å²) in [5.41, 5.74) is -10.8. The molecule has 0 fully saturated rings. The van der Waals surface area contributed by atoms with E-state index in [1.165, 1.54) is 0 Å². The van der Waals surface area contributed by atoms with Crippen LogP contribution in [0.3, 0.4) is 0 Å². The molecule has 0 saturated carbocycles. The van der Waals surface area contributed by atoms with Crippen molar-refractivity contribution in [3.05, 3.63) is 0 Å². The Hall–Kier alpha value is -6.00. The van der Waals surface area contributed by atoms with Gasteiger partial charge >= 0.3 is 53.7 Å². The first kappa shape index (κ1) is 103. The normalized spacial score (nSPS) is 13.8. The molecule has 0 aromatic rings. The van der Waals surface area contributed by atoms with Crippen LogP contribution in [0.15, 0.2) is 0 Å². The van der Waals surface area contributed by atoms with Crippen molar-refractivity contribution in [2.24, 2.45) is 0 Å². The summed E-state index contributed by atoms with van der Waals surface area (Å²) in [6.07, 6.45) is -0.117. The monoisotopic (exact) mass is 1560 g/mol. The fourth-order valence-corrected chi connectivity index (χ4v) is 9.54. The molecule has 0 aliphatic rings. The largest absolute Gasteiger partial charge is 0.462 e. The summed E-state index contributed by atoms with van der Waals surface area (Å²) in [4.78, 5) is 156. The predicted octanol–water partition coefficient (Wildman–Crippen LogP) is 14.0. The highest BCUT2D eigenvalue weighted by Gasteiger charge is 2.38. The molecule has 109 heavy (non-hydrogen) atoms. The van der Waals surface area contributed by atoms with Crippen molar-refractivity contribution in [1.29, 1.82) is 0 Å². The zero-order valence-corrected chi connectivity index (χ0v) is 71.8. The van der Waals surface area contributed by atoms with E-state index < -0.39 is 135 Å². The maximum atomic E-state index is 13.3. The molecule has 0 aliphatic heterocycles. The van der Waals surface area contributed by atoms with E-state index in [-0.39, 0.29) is 178 Å². The second-order valence-electron chi connectivity index (χ2n) is 35.5. The van der Waals surface area contributed by atoms with Crippen LogP contribution in [0.25, 0.3) is 0 Å². The Balaban J connectivity index is 5.71. The number of ketones is 3. The van der Waals surface area contributed by atoms with Crippen LogP contribution >= 0.6 is 0 Å². The van der Waals surface area contributed by atoms with Crippen molar-refractivity contribution in [1.82, 2.24) is 0 Å². The average Bonchev–Trinajstić information content (AvgIpc) is 0.864. The Morgan fingerprint density at radius 3 is 0.844 bits per heavy atom. The third kappa shape index (κ3) is 50.6. The Bertz CT molecular complexity index is 2900. The first-order chi connectivity index (χ1) is 49.6. The summed E-state index contributed by atoms with van der Waals surface area (Å²) in [6.45, 7) is 47.0. The smallest absolute Gasteiger partial charge is 0.306 e. The minimum Gasteiger partial charge on any atom is -0.462 e. The third-order valence-electron chi connectivity index (χ3n) is 17.3. The molecule has 0 aliphatic carbocycles. The lowest BCUT2D eigenvalue weighted by Gasteiger charge is -2.33. The summed E-state index contributed by atoms with van der Waals surface area (Å²) in [7, 11) is 0. The zero-order valence-electron chi connectivity index (χ0n) is 71.8. The first-order valence-corrected chi connectivity index (χ1v) is 38.8. The summed E-state index contributed by atoms with van der Waals surface area (Å²) in [6, 6.07) is 0. The van der Waals surface area contributed by atoms with Gasteiger partial charge in [-0.15, -0.1) is 0 Å². The van der Waals surface area contributed by atoms with E-state index in [9.17, 15) is 57.5 Å². The van der Waals surface area contributed by atoms with Crippen LogP contribution in [0.5, 0.6) is 0 Å². The molecule has 0 saturated heterocycles. The first-order valence-electron chi connectivity index (χ1n) is 38.8. The van der Waals surface area contributed by atoms with Gasteiger partial charge in [0.2, 0.25) is 0 Å². The van der Waals surface area contributed by atoms with E-state index >= 15 is 0 Å². The molecule has 0 radical (unpaired) electrons. The van der Waals surface area contributed by atoms with Gasteiger partial charge in [-0.1, -0.05) is 13.8 Å². The van der Waals surface area contributed by atoms with Gasteiger partial charge in [0.25, 0.3) is 0 Å². The minimum atomic E-state index is -1.34. The van der Waals surface area contributed by atoms with Gasteiger partial charge in [-0.2, -0.15) is 0 Å². The lowest BCUT2D eigenvalue weighted by Crippen LogP contribution is -2.43. The summed E-state index contributed by atoms with van der Waals surface area (Å²) < 4.78 is 85.8. The molecule has 27 nitrogen and oxygen atoms in total. The van der Waals surface area contributed by atoms with E-state index in [1.54, 1.807) is 111 Å². The van der Waals surface area contributed by atoms with Crippen LogP contribution in [0.4, 0.5) is 0 Å². The van der Waals surface area contributed by atoms with Crippen molar-refractivity contribution >= 4 is 71.1 Å². The van der Waals surface area contributed by atoms with Crippen LogP contribution in [-0.2, 0) is 129 Å². The molecule has 2 atom stereocenters. The lowest BCUT2D eigenvalue weighted by molar-refractivity contribution is -0.175. The van der Waals surface area contributed by atoms with Gasteiger partial charge in [0.1, 0.15) is 63.6 Å². The van der Waals surface area contributed by atoms with Gasteiger partial charge in [0.15, 0.2) is 23.5 Å². The van der Waals surface area contributed by atoms with Gasteiger partial charge in [-0.3, -0.25) is 57.5 Å². The number of hydrogen-bond acceptors (Lipinski definition) is 27. The highest BCUT2D eigenvalue weighted by Crippen LogP contribution is 2.28. The summed E-state index contributed by atoms with van der Waals surface area (Å²) in [5, 5.41) is 0. The molecule has 27 heteroatoms. The third-order valence-corrected chi connectivity index (χ3v) is 17.3. The number of hydrogen-bond donors (Lipinski definition) is 0. The highest BCUT2D eigenvalue weighted by molar-refractivity contribution is 5.88. The fourth-order valence-electron chi connectivity index (χ4n) is 9.54. The lowest BCUT2D eigenvalue weighted by atomic mass is 9.97. The van der Waals surface area contributed by atoms with Crippen LogP contribution in [-0.4, -0.2) is 197 Å². The van der Waals surface area contributed by atoms with Crippen molar-refractivity contribution in [3.63, 3.8) is 0 Å². The minimum absolute atomic E-state index is 0.00325. The van der Waals surface area contributed by atoms with Crippen LogP contribution < -0.4 is 0 Å². The Morgan fingerprint density at radius 2 is 0.523 bits per heavy atom. The Morgan fingerprint density at radius 1 is 0.257 bits per heavy atom. The summed E-state index contributed by atoms with van der Waals surface area (Å²) >= 11 is 0. The maximum absolute atomic E-state index is 13.3. The van der Waals surface area contributed by atoms with Crippen molar-refractivity contribution in [2.75, 3.05) is 52.9 Å². The number of Topliss-reactive ketones (excluding diaryl/α,β-unsaturated/α-hetero) is 3. The maximum Gasteiger partial charge on any atom is 0.306 e. The van der Waals surface area contributed by atoms with Gasteiger partial charge < -0.3 is 71.1 Å². The van der Waals surface area contributed by atoms with Crippen molar-refractivity contribution < 1.29 is 129 Å². The van der Waals surface area contributed by atoms with Crippen LogP contribution in [0.2, 0.25) is 0 Å². The highest BCUT2D eigenvalue weighted by atomic mass is 16.6. The average molecular weight is 1560 g/mol. The van der Waals surface area contributed by atoms with Crippen LogP contribution in [0, 0.1) is 0 Å². The molecule has 632 valence electrons. The van der Waals surface area contributed by atoms with Gasteiger partial charge in [-0.25, -0.2) is 0 Å². The predicted molar refractivity (Wildman–Crippen MR) is 407 cm³/mol. The second-order valence-corrected chi connectivity index (χ2v) is 35.5. The number of rotatable bonds is 58. The molecule has 2 unspecified atom stereocenters. The molecular weight excluding hydrogens is 1420 g/mol. The zero-order chi connectivity index (χ0) is 84.3. The van der Waals surface area contributed by atoms with E-state index in [0.29, 0.717) is 19.4 Å². The van der Waals surface area contributed by atoms with Crippen LogP contribution in [0.1, 0.15) is 328 Å². The molecule has 0 amide bonds. The van der Waals surface area contributed by atoms with E-state index in [4.69, 9.17) is 71.1 Å². The van der Waals surface area contributed by atoms with Gasteiger partial charge in [-0.05, 0) is 224 Å². The molecule has 0 aromatic carbocycles. The SMILES string of the molecule is CCC(C)(C)OCCC(C)(C)OC(=O)CCCC(=O)C(C)(C)OCCC(C)(C)OC(=O)CCCC(=O)OCC(COC(=O)CCCC(=O)OC(C)(C)COC(C)(C)C(=O)CCCC(=O)OC(C)(C)COC(C)(C)C)OC(=O)CCCC(=O)OC(C)(CC)COC(C)(C)C(=O)CCCC(=O)OC(C)(C)COC(C)(C)C. The molecule has 0 rings (SSSR count). The Kier molecular flexibility index (Phi) is 43.7. The van der Waals surface area contributed by atoms with Gasteiger partial charge in [0.05, 0.1) is 56.4 Å². The van der Waals surface area contributed by atoms with Crippen molar-refractivity contribution in [2.45, 2.75) is 402 Å². The van der Waals surface area contributed by atoms with E-state index in [0.717, 1.165) is 6.42 Å². The topological polar surface area (TPSA) is 343 Å². The Labute approximate surface area is 651 Å². The fraction of sp³-hybridized carbons (Fsp3) is 0.854. The molecular formula is C82H142O27. The molecule has 0 N–H and O–H groups in total. The number of carbonyl (C=O) groups excluding carboxylic acids is 12. The standard InChI is InChI=1S/C82H142O27/c1-28-73(9,10)97-50-48-74(11,12)104-65(89)42-30-36-59(83)79(21,22)98-51-49-75(13,14)105-66(90)45-33-39-62(86)95-52-58(53-96-63(87)40-34-46-69(93)108-78(19,20)56-101-80(23,24)60(84)37-31-43-67(91)106-76(15,16)54-99-71(3,4)5)103-64(88)41-35-47-70(94)109-82(27,29-2)57-102-81(25,26)61(85)38-32-44-68(92)107-77(17,18)55-100-72(6,7)8/h58H,28-57H2,1-27H3. The molecule has 0 bridgehead atoms. The van der Waals surface area contributed by atoms with Crippen molar-refractivity contribution in [3.8, 4) is 0 Å². The number of ether oxygens (including phenoxy) is 15. The number of esters is 9. The van der Waals surface area contributed by atoms with E-state index in [2.05, 4.69) is 0 Å². The number of carbonyl (C=O) groups is 12. The second kappa shape index (κ2) is 46.2.